The summed E-state index contributed by atoms with van der Waals surface area (Å²) in [6, 6.07) is 178. The van der Waals surface area contributed by atoms with Crippen LogP contribution in [-0.2, 0) is 0 Å². The highest BCUT2D eigenvalue weighted by atomic mass is 32.1. The number of anilines is 6. The molecule has 132 heavy (non-hydrogen) atoms. The number of hydrogen-bond acceptors (Lipinski definition) is 4. The van der Waals surface area contributed by atoms with Gasteiger partial charge in [0.2, 0.25) is 0 Å². The van der Waals surface area contributed by atoms with Crippen molar-refractivity contribution in [2.75, 3.05) is 9.80 Å². The molecular formula is C126H80N4S2. The molecule has 0 radical (unpaired) electrons. The minimum Gasteiger partial charge on any atom is -0.310 e. The number of rotatable bonds is 13. The number of hydrogen-bond donors (Lipinski definition) is 0. The molecule has 0 amide bonds. The van der Waals surface area contributed by atoms with E-state index in [1.165, 1.54) is 210 Å². The van der Waals surface area contributed by atoms with Gasteiger partial charge in [-0.05, 0) is 296 Å². The molecule has 27 rings (SSSR count). The molecule has 4 nitrogen and oxygen atoms in total. The number of aromatic nitrogens is 2. The van der Waals surface area contributed by atoms with Gasteiger partial charge in [0, 0.05) is 107 Å². The first-order valence-corrected chi connectivity index (χ1v) is 46.9. The molecule has 0 aliphatic rings. The number of fused-ring (bicyclic) bond motifs is 24. The zero-order chi connectivity index (χ0) is 86.9. The Morgan fingerprint density at radius 2 is 0.356 bits per heavy atom. The van der Waals surface area contributed by atoms with Crippen molar-refractivity contribution < 1.29 is 0 Å². The van der Waals surface area contributed by atoms with Gasteiger partial charge in [0.25, 0.3) is 0 Å². The van der Waals surface area contributed by atoms with Crippen LogP contribution in [0.4, 0.5) is 34.1 Å². The van der Waals surface area contributed by atoms with Crippen LogP contribution in [0, 0.1) is 0 Å². The first-order valence-electron chi connectivity index (χ1n) is 45.2. The summed E-state index contributed by atoms with van der Waals surface area (Å²) in [6.07, 6.45) is 0. The van der Waals surface area contributed by atoms with E-state index in [-0.39, 0.29) is 0 Å². The molecule has 4 aromatic heterocycles. The molecule has 0 saturated heterocycles. The molecule has 0 bridgehead atoms. The number of nitrogens with zero attached hydrogens (tertiary/aromatic N) is 4. The van der Waals surface area contributed by atoms with Gasteiger partial charge in [-0.15, -0.1) is 22.7 Å². The minimum absolute atomic E-state index is 1.10. The molecule has 0 unspecified atom stereocenters. The summed E-state index contributed by atoms with van der Waals surface area (Å²) in [5, 5.41) is 25.6. The molecule has 0 aliphatic carbocycles. The molecule has 0 atom stereocenters. The molecule has 0 fully saturated rings. The second-order valence-electron chi connectivity index (χ2n) is 34.5. The molecule has 4 heterocycles. The Balaban J connectivity index is 0.000000139. The third-order valence-corrected chi connectivity index (χ3v) is 29.4. The van der Waals surface area contributed by atoms with Crippen molar-refractivity contribution >= 4 is 205 Å². The van der Waals surface area contributed by atoms with E-state index in [9.17, 15) is 0 Å². The van der Waals surface area contributed by atoms with Crippen LogP contribution in [-0.4, -0.2) is 9.13 Å². The first kappa shape index (κ1) is 76.5. The summed E-state index contributed by atoms with van der Waals surface area (Å²) in [4.78, 5) is 4.80. The first-order chi connectivity index (χ1) is 65.4. The average Bonchev–Trinajstić information content (AvgIpc) is 1.06. The van der Waals surface area contributed by atoms with Gasteiger partial charge in [0.05, 0.1) is 22.1 Å². The zero-order valence-corrected chi connectivity index (χ0v) is 73.4. The number of thiophene rings is 2. The Labute approximate surface area is 770 Å². The summed E-state index contributed by atoms with van der Waals surface area (Å²) in [5.74, 6) is 0. The van der Waals surface area contributed by atoms with Crippen LogP contribution in [0.1, 0.15) is 0 Å². The maximum absolute atomic E-state index is 2.40. The van der Waals surface area contributed by atoms with Gasteiger partial charge in [-0.25, -0.2) is 0 Å². The molecule has 0 aliphatic heterocycles. The van der Waals surface area contributed by atoms with Gasteiger partial charge in [0.1, 0.15) is 0 Å². The van der Waals surface area contributed by atoms with Crippen molar-refractivity contribution in [3.8, 4) is 67.0 Å². The molecule has 23 aromatic carbocycles. The van der Waals surface area contributed by atoms with E-state index in [0.29, 0.717) is 0 Å². The van der Waals surface area contributed by atoms with Crippen molar-refractivity contribution in [1.82, 2.24) is 9.13 Å². The van der Waals surface area contributed by atoms with Crippen LogP contribution in [0.2, 0.25) is 0 Å². The van der Waals surface area contributed by atoms with Crippen molar-refractivity contribution in [2.24, 2.45) is 0 Å². The highest BCUT2D eigenvalue weighted by molar-refractivity contribution is 7.26. The molecule has 0 spiro atoms. The van der Waals surface area contributed by atoms with Crippen molar-refractivity contribution in [3.63, 3.8) is 0 Å². The summed E-state index contributed by atoms with van der Waals surface area (Å²) >= 11 is 3.71. The van der Waals surface area contributed by atoms with Gasteiger partial charge < -0.3 is 18.9 Å². The highest BCUT2D eigenvalue weighted by Gasteiger charge is 2.23. The largest absolute Gasteiger partial charge is 0.310 e. The smallest absolute Gasteiger partial charge is 0.0541 e. The minimum atomic E-state index is 1.10. The predicted octanol–water partition coefficient (Wildman–Crippen LogP) is 36.5. The van der Waals surface area contributed by atoms with Crippen LogP contribution < -0.4 is 9.80 Å². The average molecular weight is 1710 g/mol. The fraction of sp³-hybridized carbons (Fsp3) is 0. The fourth-order valence-electron chi connectivity index (χ4n) is 20.9. The molecule has 27 aromatic rings. The van der Waals surface area contributed by atoms with E-state index >= 15 is 0 Å². The van der Waals surface area contributed by atoms with Gasteiger partial charge in [-0.2, -0.15) is 0 Å². The monoisotopic (exact) mass is 1710 g/mol. The Bertz CT molecular complexity index is 9180. The van der Waals surface area contributed by atoms with Crippen molar-refractivity contribution in [1.29, 1.82) is 0 Å². The van der Waals surface area contributed by atoms with Gasteiger partial charge in [-0.1, -0.05) is 309 Å². The van der Waals surface area contributed by atoms with E-state index < -0.39 is 0 Å². The van der Waals surface area contributed by atoms with E-state index in [0.717, 1.165) is 39.8 Å². The Kier molecular flexibility index (Phi) is 18.3. The maximum Gasteiger partial charge on any atom is 0.0541 e. The van der Waals surface area contributed by atoms with E-state index in [1.54, 1.807) is 0 Å². The van der Waals surface area contributed by atoms with Gasteiger partial charge in [-0.3, -0.25) is 0 Å². The molecule has 0 N–H and O–H groups in total. The number of benzene rings is 23. The summed E-state index contributed by atoms with van der Waals surface area (Å²) < 4.78 is 9.98. The SMILES string of the molecule is c1ccc(-c2ccc3c(c2)c2cc(-c4ccc(N(c5ccc(-c6ccc7c8ccccc8c8ccccc8c7c6)cc5)c5ccc6sc7ccccc7c6c5)cc4)ccc2n3-c2ccccc2)cc1.c1ccc(-n2c3ccccc3c3cc(-c4ccc(N(c5ccc(-c6ccc7c8ccccc8c8ccccc8c7c6)cc5)c5ccc6sc7ccccc7c6c5)cc4)ccc32)cc1. The maximum atomic E-state index is 2.40. The second kappa shape index (κ2) is 31.6. The topological polar surface area (TPSA) is 16.3 Å². The normalized spacial score (nSPS) is 11.8. The summed E-state index contributed by atoms with van der Waals surface area (Å²) in [6.45, 7) is 0. The van der Waals surface area contributed by atoms with E-state index in [2.05, 4.69) is 504 Å². The lowest BCUT2D eigenvalue weighted by atomic mass is 9.92. The third kappa shape index (κ3) is 13.0. The van der Waals surface area contributed by atoms with Crippen LogP contribution in [0.15, 0.2) is 485 Å². The van der Waals surface area contributed by atoms with Crippen LogP contribution in [0.3, 0.4) is 0 Å². The zero-order valence-electron chi connectivity index (χ0n) is 71.8. The van der Waals surface area contributed by atoms with Crippen molar-refractivity contribution in [2.45, 2.75) is 0 Å². The standard InChI is InChI=1S/C66H42N2S.C60H38N2S/c1-3-13-43(14-4-1)47-28-36-63-60(40-47)61-41-48(29-37-64(61)68(63)49-15-5-2-6-16-49)45-25-32-51(33-26-45)67(52-34-38-66-62(42-52)58-21-11-12-22-65(58)69-66)50-30-23-44(24-31-50)46-27-35-57-55-19-8-7-17-53(55)54-18-9-10-20-56(54)59(57)39-46;1-2-12-43(13-3-1)62-57-20-10-8-18-52(57)55-37-42(27-34-58(55)62)40-24-30-45(31-25-40)61(46-32-35-60-56(38-46)53-19-9-11-21-59(53)63-60)44-28-22-39(23-29-44)41-26-33-51-49-16-5-4-14-47(49)48-15-6-7-17-50(48)54(51)36-41/h1-42H;1-38H. The Hall–Kier alpha value is -16.7. The number of para-hydroxylation sites is 3. The van der Waals surface area contributed by atoms with Gasteiger partial charge >= 0.3 is 0 Å². The third-order valence-electron chi connectivity index (χ3n) is 27.1. The van der Waals surface area contributed by atoms with Gasteiger partial charge in [0.15, 0.2) is 0 Å². The fourth-order valence-corrected chi connectivity index (χ4v) is 23.0. The molecule has 6 heteroatoms. The van der Waals surface area contributed by atoms with Crippen LogP contribution in [0.5, 0.6) is 0 Å². The van der Waals surface area contributed by atoms with E-state index in [1.807, 2.05) is 22.7 Å². The summed E-state index contributed by atoms with van der Waals surface area (Å²) in [5.41, 5.74) is 25.8. The lowest BCUT2D eigenvalue weighted by Gasteiger charge is -2.26. The van der Waals surface area contributed by atoms with E-state index in [4.69, 9.17) is 0 Å². The van der Waals surface area contributed by atoms with Crippen molar-refractivity contribution in [3.05, 3.63) is 485 Å². The Morgan fingerprint density at radius 3 is 0.705 bits per heavy atom. The molecule has 616 valence electrons. The Morgan fingerprint density at radius 1 is 0.129 bits per heavy atom. The summed E-state index contributed by atoms with van der Waals surface area (Å²) in [7, 11) is 0. The molecule has 0 saturated carbocycles. The lowest BCUT2D eigenvalue weighted by molar-refractivity contribution is 1.18. The van der Waals surface area contributed by atoms with Crippen LogP contribution in [0.25, 0.3) is 216 Å². The highest BCUT2D eigenvalue weighted by Crippen LogP contribution is 2.49. The molecular weight excluding hydrogens is 1630 g/mol. The quantitative estimate of drug-likeness (QED) is 0.107. The van der Waals surface area contributed by atoms with Crippen LogP contribution >= 0.6 is 22.7 Å². The predicted molar refractivity (Wildman–Crippen MR) is 569 cm³/mol. The lowest BCUT2D eigenvalue weighted by Crippen LogP contribution is -2.09. The second-order valence-corrected chi connectivity index (χ2v) is 36.7.